The fourth-order valence-corrected chi connectivity index (χ4v) is 2.37. The van der Waals surface area contributed by atoms with Gasteiger partial charge in [-0.1, -0.05) is 12.1 Å². The van der Waals surface area contributed by atoms with Gasteiger partial charge < -0.3 is 15.7 Å². The number of para-hydroxylation sites is 1. The molecule has 1 aromatic rings. The number of aliphatic hydroxyl groups excluding tert-OH is 1. The van der Waals surface area contributed by atoms with Crippen LogP contribution in [0.15, 0.2) is 24.3 Å². The van der Waals surface area contributed by atoms with Gasteiger partial charge in [-0.25, -0.2) is 4.39 Å². The van der Waals surface area contributed by atoms with Crippen molar-refractivity contribution < 1.29 is 9.50 Å². The first-order valence-corrected chi connectivity index (χ1v) is 6.80. The van der Waals surface area contributed by atoms with Crippen molar-refractivity contribution in [2.75, 3.05) is 44.2 Å². The first-order valence-electron chi connectivity index (χ1n) is 6.80. The summed E-state index contributed by atoms with van der Waals surface area (Å²) in [6.45, 7) is 4.59. The van der Waals surface area contributed by atoms with E-state index in [4.69, 9.17) is 5.73 Å². The normalized spacial score (nSPS) is 18.6. The molecule has 0 aromatic heterocycles. The van der Waals surface area contributed by atoms with Gasteiger partial charge in [0.15, 0.2) is 0 Å². The number of piperazine rings is 1. The van der Waals surface area contributed by atoms with Crippen LogP contribution in [0, 0.1) is 5.82 Å². The van der Waals surface area contributed by atoms with E-state index in [2.05, 4.69) is 9.80 Å². The molecule has 0 radical (unpaired) electrons. The fourth-order valence-electron chi connectivity index (χ4n) is 2.37. The van der Waals surface area contributed by atoms with Crippen LogP contribution in [0.2, 0.25) is 0 Å². The van der Waals surface area contributed by atoms with E-state index in [1.54, 1.807) is 6.07 Å². The lowest BCUT2D eigenvalue weighted by Gasteiger charge is -2.36. The second-order valence-electron chi connectivity index (χ2n) is 4.96. The molecule has 1 unspecified atom stereocenters. The van der Waals surface area contributed by atoms with Gasteiger partial charge in [0.2, 0.25) is 0 Å². The molecule has 0 saturated carbocycles. The lowest BCUT2D eigenvalue weighted by Crippen LogP contribution is -2.47. The molecule has 1 saturated heterocycles. The average molecular weight is 267 g/mol. The molecular weight excluding hydrogens is 245 g/mol. The smallest absolute Gasteiger partial charge is 0.146 e. The maximum absolute atomic E-state index is 13.7. The van der Waals surface area contributed by atoms with E-state index in [-0.39, 0.29) is 5.82 Å². The molecule has 0 amide bonds. The molecule has 0 bridgehead atoms. The number of nitrogens with zero attached hydrogens (tertiary/aromatic N) is 2. The zero-order chi connectivity index (χ0) is 13.7. The van der Waals surface area contributed by atoms with Crippen LogP contribution >= 0.6 is 0 Å². The van der Waals surface area contributed by atoms with Crippen molar-refractivity contribution in [3.8, 4) is 0 Å². The van der Waals surface area contributed by atoms with E-state index in [0.717, 1.165) is 32.7 Å². The molecule has 1 aliphatic rings. The summed E-state index contributed by atoms with van der Waals surface area (Å²) in [6.07, 6.45) is 0.292. The topological polar surface area (TPSA) is 52.7 Å². The minimum atomic E-state index is -0.412. The molecule has 5 heteroatoms. The van der Waals surface area contributed by atoms with E-state index >= 15 is 0 Å². The van der Waals surface area contributed by atoms with Gasteiger partial charge in [0, 0.05) is 39.3 Å². The molecule has 1 atom stereocenters. The molecule has 2 rings (SSSR count). The van der Waals surface area contributed by atoms with E-state index in [0.29, 0.717) is 18.7 Å². The van der Waals surface area contributed by atoms with Gasteiger partial charge in [0.05, 0.1) is 11.8 Å². The van der Waals surface area contributed by atoms with Gasteiger partial charge in [-0.3, -0.25) is 4.90 Å². The number of nitrogens with two attached hydrogens (primary N) is 1. The molecule has 1 aliphatic heterocycles. The Morgan fingerprint density at radius 2 is 1.89 bits per heavy atom. The summed E-state index contributed by atoms with van der Waals surface area (Å²) < 4.78 is 13.7. The van der Waals surface area contributed by atoms with Crippen molar-refractivity contribution >= 4 is 5.69 Å². The minimum absolute atomic E-state index is 0.158. The van der Waals surface area contributed by atoms with E-state index in [9.17, 15) is 9.50 Å². The van der Waals surface area contributed by atoms with Crippen molar-refractivity contribution in [2.45, 2.75) is 12.5 Å². The van der Waals surface area contributed by atoms with Gasteiger partial charge >= 0.3 is 0 Å². The highest BCUT2D eigenvalue weighted by Gasteiger charge is 2.19. The Morgan fingerprint density at radius 3 is 2.53 bits per heavy atom. The SMILES string of the molecule is NCC(O)CCN1CCN(c2ccccc2F)CC1. The monoisotopic (exact) mass is 267 g/mol. The summed E-state index contributed by atoms with van der Waals surface area (Å²) >= 11 is 0. The number of halogens is 1. The van der Waals surface area contributed by atoms with Crippen molar-refractivity contribution in [3.63, 3.8) is 0 Å². The molecule has 106 valence electrons. The summed E-state index contributed by atoms with van der Waals surface area (Å²) in [5.74, 6) is -0.158. The van der Waals surface area contributed by atoms with Gasteiger partial charge in [-0.05, 0) is 18.6 Å². The van der Waals surface area contributed by atoms with Crippen LogP contribution in [0.25, 0.3) is 0 Å². The number of benzene rings is 1. The van der Waals surface area contributed by atoms with Crippen LogP contribution in [0.1, 0.15) is 6.42 Å². The molecule has 1 heterocycles. The summed E-state index contributed by atoms with van der Waals surface area (Å²) in [5, 5.41) is 9.44. The van der Waals surface area contributed by atoms with Gasteiger partial charge in [-0.2, -0.15) is 0 Å². The highest BCUT2D eigenvalue weighted by atomic mass is 19.1. The van der Waals surface area contributed by atoms with Crippen molar-refractivity contribution in [1.82, 2.24) is 4.90 Å². The first-order chi connectivity index (χ1) is 9.20. The number of aliphatic hydroxyl groups is 1. The predicted molar refractivity (Wildman–Crippen MR) is 74.7 cm³/mol. The first kappa shape index (κ1) is 14.2. The van der Waals surface area contributed by atoms with Crippen molar-refractivity contribution in [3.05, 3.63) is 30.1 Å². The molecule has 0 aliphatic carbocycles. The highest BCUT2D eigenvalue weighted by molar-refractivity contribution is 5.47. The van der Waals surface area contributed by atoms with E-state index in [1.165, 1.54) is 6.07 Å². The molecule has 19 heavy (non-hydrogen) atoms. The van der Waals surface area contributed by atoms with Crippen LogP contribution in [-0.2, 0) is 0 Å². The molecular formula is C14H22FN3O. The molecule has 1 aromatic carbocycles. The van der Waals surface area contributed by atoms with Crippen molar-refractivity contribution in [2.24, 2.45) is 5.73 Å². The number of rotatable bonds is 5. The van der Waals surface area contributed by atoms with Crippen LogP contribution < -0.4 is 10.6 Å². The molecule has 3 N–H and O–H groups in total. The Labute approximate surface area is 113 Å². The summed E-state index contributed by atoms with van der Waals surface area (Å²) in [7, 11) is 0. The average Bonchev–Trinajstić information content (AvgIpc) is 2.46. The highest BCUT2D eigenvalue weighted by Crippen LogP contribution is 2.20. The summed E-state index contributed by atoms with van der Waals surface area (Å²) in [6, 6.07) is 6.90. The van der Waals surface area contributed by atoms with Gasteiger partial charge in [0.1, 0.15) is 5.82 Å². The number of hydrogen-bond acceptors (Lipinski definition) is 4. The Balaban J connectivity index is 1.81. The summed E-state index contributed by atoms with van der Waals surface area (Å²) in [4.78, 5) is 4.36. The Kier molecular flexibility index (Phi) is 5.13. The lowest BCUT2D eigenvalue weighted by atomic mass is 10.2. The summed E-state index contributed by atoms with van der Waals surface area (Å²) in [5.41, 5.74) is 6.07. The maximum atomic E-state index is 13.7. The Morgan fingerprint density at radius 1 is 1.21 bits per heavy atom. The lowest BCUT2D eigenvalue weighted by molar-refractivity contribution is 0.144. The van der Waals surface area contributed by atoms with Gasteiger partial charge in [-0.15, -0.1) is 0 Å². The second-order valence-corrected chi connectivity index (χ2v) is 4.96. The Bertz CT molecular complexity index is 394. The van der Waals surface area contributed by atoms with Crippen LogP contribution in [0.4, 0.5) is 10.1 Å². The second kappa shape index (κ2) is 6.84. The molecule has 1 fully saturated rings. The third kappa shape index (κ3) is 3.89. The fraction of sp³-hybridized carbons (Fsp3) is 0.571. The zero-order valence-electron chi connectivity index (χ0n) is 11.1. The van der Waals surface area contributed by atoms with Crippen LogP contribution in [0.5, 0.6) is 0 Å². The largest absolute Gasteiger partial charge is 0.392 e. The quantitative estimate of drug-likeness (QED) is 0.823. The van der Waals surface area contributed by atoms with Crippen molar-refractivity contribution in [1.29, 1.82) is 0 Å². The van der Waals surface area contributed by atoms with Crippen LogP contribution in [0.3, 0.4) is 0 Å². The number of hydrogen-bond donors (Lipinski definition) is 2. The van der Waals surface area contributed by atoms with Gasteiger partial charge in [0.25, 0.3) is 0 Å². The van der Waals surface area contributed by atoms with E-state index < -0.39 is 6.10 Å². The third-order valence-electron chi connectivity index (χ3n) is 3.62. The molecule has 0 spiro atoms. The Hall–Kier alpha value is -1.17. The van der Waals surface area contributed by atoms with E-state index in [1.807, 2.05) is 12.1 Å². The number of anilines is 1. The predicted octanol–water partition coefficient (Wildman–Crippen LogP) is 0.657. The standard InChI is InChI=1S/C14H22FN3O/c15-13-3-1-2-4-14(13)18-9-7-17(8-10-18)6-5-12(19)11-16/h1-4,12,19H,5-11,16H2. The minimum Gasteiger partial charge on any atom is -0.392 e. The zero-order valence-corrected chi connectivity index (χ0v) is 11.1. The third-order valence-corrected chi connectivity index (χ3v) is 3.62. The molecule has 4 nitrogen and oxygen atoms in total. The van der Waals surface area contributed by atoms with Crippen LogP contribution in [-0.4, -0.2) is 55.4 Å². The maximum Gasteiger partial charge on any atom is 0.146 e.